The second-order valence-electron chi connectivity index (χ2n) is 4.73. The van der Waals surface area contributed by atoms with Crippen LogP contribution in [0.1, 0.15) is 13.8 Å². The Labute approximate surface area is 100 Å². The van der Waals surface area contributed by atoms with Gasteiger partial charge in [-0.1, -0.05) is 25.4 Å². The first-order chi connectivity index (χ1) is 6.89. The molecule has 0 aliphatic rings. The highest BCUT2D eigenvalue weighted by molar-refractivity contribution is 7.14. The molecule has 0 unspecified atom stereocenters. The van der Waals surface area contributed by atoms with Crippen LogP contribution in [0.4, 0.5) is 5.13 Å². The molecule has 0 atom stereocenters. The summed E-state index contributed by atoms with van der Waals surface area (Å²) in [5, 5.41) is 6.60. The van der Waals surface area contributed by atoms with Crippen molar-refractivity contribution in [1.82, 2.24) is 9.88 Å². The number of anilines is 1. The molecule has 3 nitrogen and oxygen atoms in total. The summed E-state index contributed by atoms with van der Waals surface area (Å²) in [4.78, 5) is 6.34. The van der Waals surface area contributed by atoms with E-state index >= 15 is 0 Å². The van der Waals surface area contributed by atoms with Crippen molar-refractivity contribution in [3.63, 3.8) is 0 Å². The average molecular weight is 248 g/mol. The summed E-state index contributed by atoms with van der Waals surface area (Å²) in [6.45, 7) is 6.40. The predicted molar refractivity (Wildman–Crippen MR) is 67.9 cm³/mol. The zero-order valence-corrected chi connectivity index (χ0v) is 11.2. The summed E-state index contributed by atoms with van der Waals surface area (Å²) in [5.41, 5.74) is 0.224. The highest BCUT2D eigenvalue weighted by atomic mass is 35.5. The van der Waals surface area contributed by atoms with Gasteiger partial charge in [0.1, 0.15) is 5.15 Å². The molecule has 0 bridgehead atoms. The standard InChI is InChI=1S/C10H18ClN3S/c1-10(2,7-14(3)4)6-12-9-13-8(11)5-15-9/h5H,6-7H2,1-4H3,(H,12,13). The fraction of sp³-hybridized carbons (Fsp3) is 0.700. The molecule has 1 N–H and O–H groups in total. The minimum absolute atomic E-state index is 0.224. The van der Waals surface area contributed by atoms with E-state index in [1.165, 1.54) is 0 Å². The van der Waals surface area contributed by atoms with E-state index < -0.39 is 0 Å². The van der Waals surface area contributed by atoms with Crippen LogP contribution in [0, 0.1) is 5.41 Å². The van der Waals surface area contributed by atoms with Gasteiger partial charge in [0.25, 0.3) is 0 Å². The first-order valence-electron chi connectivity index (χ1n) is 4.89. The van der Waals surface area contributed by atoms with E-state index in [0.717, 1.165) is 18.2 Å². The van der Waals surface area contributed by atoms with Crippen LogP contribution in [0.5, 0.6) is 0 Å². The molecule has 1 aromatic rings. The minimum Gasteiger partial charge on any atom is -0.361 e. The molecule has 0 saturated heterocycles. The van der Waals surface area contributed by atoms with E-state index in [4.69, 9.17) is 11.6 Å². The summed E-state index contributed by atoms with van der Waals surface area (Å²) >= 11 is 7.29. The summed E-state index contributed by atoms with van der Waals surface area (Å²) in [7, 11) is 4.17. The van der Waals surface area contributed by atoms with Gasteiger partial charge in [0, 0.05) is 18.5 Å². The molecule has 0 aliphatic carbocycles. The molecule has 0 aromatic carbocycles. The maximum atomic E-state index is 5.75. The van der Waals surface area contributed by atoms with Gasteiger partial charge < -0.3 is 10.2 Å². The molecule has 0 spiro atoms. The molecule has 86 valence electrons. The quantitative estimate of drug-likeness (QED) is 0.867. The van der Waals surface area contributed by atoms with Gasteiger partial charge in [0.05, 0.1) is 0 Å². The lowest BCUT2D eigenvalue weighted by atomic mass is 9.93. The molecule has 1 heterocycles. The number of nitrogens with one attached hydrogen (secondary N) is 1. The summed E-state index contributed by atoms with van der Waals surface area (Å²) < 4.78 is 0. The molecule has 15 heavy (non-hydrogen) atoms. The number of halogens is 1. The molecular formula is C10H18ClN3S. The van der Waals surface area contributed by atoms with Gasteiger partial charge >= 0.3 is 0 Å². The van der Waals surface area contributed by atoms with Gasteiger partial charge in [0.2, 0.25) is 0 Å². The average Bonchev–Trinajstić information content (AvgIpc) is 2.46. The molecule has 0 radical (unpaired) electrons. The Hall–Kier alpha value is -0.320. The summed E-state index contributed by atoms with van der Waals surface area (Å²) in [6.07, 6.45) is 0. The molecule has 1 aromatic heterocycles. The Morgan fingerprint density at radius 2 is 2.20 bits per heavy atom. The normalized spacial score (nSPS) is 12.1. The fourth-order valence-corrected chi connectivity index (χ4v) is 2.40. The molecular weight excluding hydrogens is 230 g/mol. The Morgan fingerprint density at radius 1 is 1.53 bits per heavy atom. The van der Waals surface area contributed by atoms with E-state index in [9.17, 15) is 0 Å². The lowest BCUT2D eigenvalue weighted by Gasteiger charge is -2.28. The second kappa shape index (κ2) is 5.14. The van der Waals surface area contributed by atoms with Crippen molar-refractivity contribution in [2.24, 2.45) is 5.41 Å². The first kappa shape index (κ1) is 12.7. The summed E-state index contributed by atoms with van der Waals surface area (Å²) in [5.74, 6) is 0. The number of thiazole rings is 1. The zero-order chi connectivity index (χ0) is 11.5. The number of hydrogen-bond acceptors (Lipinski definition) is 4. The molecule has 0 fully saturated rings. The maximum absolute atomic E-state index is 5.75. The van der Waals surface area contributed by atoms with Crippen molar-refractivity contribution in [2.45, 2.75) is 13.8 Å². The third-order valence-electron chi connectivity index (χ3n) is 1.94. The third kappa shape index (κ3) is 4.82. The Kier molecular flexibility index (Phi) is 4.37. The highest BCUT2D eigenvalue weighted by Crippen LogP contribution is 2.22. The van der Waals surface area contributed by atoms with Crippen LogP contribution in [-0.4, -0.2) is 37.1 Å². The third-order valence-corrected chi connectivity index (χ3v) is 3.06. The maximum Gasteiger partial charge on any atom is 0.184 e. The van der Waals surface area contributed by atoms with Crippen LogP contribution in [0.25, 0.3) is 0 Å². The topological polar surface area (TPSA) is 28.2 Å². The number of aromatic nitrogens is 1. The fourth-order valence-electron chi connectivity index (χ4n) is 1.56. The van der Waals surface area contributed by atoms with E-state index in [1.807, 2.05) is 5.38 Å². The largest absolute Gasteiger partial charge is 0.361 e. The van der Waals surface area contributed by atoms with Crippen molar-refractivity contribution in [1.29, 1.82) is 0 Å². The van der Waals surface area contributed by atoms with Crippen LogP contribution < -0.4 is 5.32 Å². The molecule has 0 saturated carbocycles. The van der Waals surface area contributed by atoms with Gasteiger partial charge in [-0.05, 0) is 19.5 Å². The lowest BCUT2D eigenvalue weighted by molar-refractivity contribution is 0.254. The number of hydrogen-bond donors (Lipinski definition) is 1. The van der Waals surface area contributed by atoms with Crippen molar-refractivity contribution in [3.8, 4) is 0 Å². The molecule has 1 rings (SSSR count). The van der Waals surface area contributed by atoms with Crippen LogP contribution in [0.2, 0.25) is 5.15 Å². The Morgan fingerprint density at radius 3 is 2.67 bits per heavy atom. The van der Waals surface area contributed by atoms with Crippen LogP contribution in [0.3, 0.4) is 0 Å². The molecule has 5 heteroatoms. The van der Waals surface area contributed by atoms with Gasteiger partial charge in [-0.2, -0.15) is 0 Å². The minimum atomic E-state index is 0.224. The van der Waals surface area contributed by atoms with Gasteiger partial charge in [-0.15, -0.1) is 11.3 Å². The van der Waals surface area contributed by atoms with Crippen LogP contribution in [0.15, 0.2) is 5.38 Å². The van der Waals surface area contributed by atoms with E-state index in [0.29, 0.717) is 5.15 Å². The zero-order valence-electron chi connectivity index (χ0n) is 9.67. The smallest absolute Gasteiger partial charge is 0.184 e. The lowest BCUT2D eigenvalue weighted by Crippen LogP contribution is -2.34. The number of nitrogens with zero attached hydrogens (tertiary/aromatic N) is 2. The Balaban J connectivity index is 2.42. The van der Waals surface area contributed by atoms with Gasteiger partial charge in [0.15, 0.2) is 5.13 Å². The van der Waals surface area contributed by atoms with E-state index in [2.05, 4.69) is 43.1 Å². The highest BCUT2D eigenvalue weighted by Gasteiger charge is 2.18. The molecule has 0 aliphatic heterocycles. The van der Waals surface area contributed by atoms with Crippen molar-refractivity contribution in [3.05, 3.63) is 10.5 Å². The monoisotopic (exact) mass is 247 g/mol. The first-order valence-corrected chi connectivity index (χ1v) is 6.14. The van der Waals surface area contributed by atoms with Gasteiger partial charge in [-0.25, -0.2) is 4.98 Å². The second-order valence-corrected chi connectivity index (χ2v) is 5.98. The SMILES string of the molecule is CN(C)CC(C)(C)CNc1nc(Cl)cs1. The molecule has 0 amide bonds. The van der Waals surface area contributed by atoms with Crippen LogP contribution >= 0.6 is 22.9 Å². The van der Waals surface area contributed by atoms with Crippen LogP contribution in [-0.2, 0) is 0 Å². The van der Waals surface area contributed by atoms with Crippen molar-refractivity contribution >= 4 is 28.1 Å². The van der Waals surface area contributed by atoms with E-state index in [-0.39, 0.29) is 5.41 Å². The Bertz CT molecular complexity index is 309. The summed E-state index contributed by atoms with van der Waals surface area (Å²) in [6, 6.07) is 0. The number of rotatable bonds is 5. The van der Waals surface area contributed by atoms with Crippen molar-refractivity contribution in [2.75, 3.05) is 32.5 Å². The van der Waals surface area contributed by atoms with Crippen molar-refractivity contribution < 1.29 is 0 Å². The van der Waals surface area contributed by atoms with E-state index in [1.54, 1.807) is 11.3 Å². The predicted octanol–water partition coefficient (Wildman–Crippen LogP) is 2.80. The van der Waals surface area contributed by atoms with Gasteiger partial charge in [-0.3, -0.25) is 0 Å².